The van der Waals surface area contributed by atoms with Crippen molar-refractivity contribution in [3.05, 3.63) is 52.0 Å². The van der Waals surface area contributed by atoms with E-state index in [1.54, 1.807) is 6.07 Å². The Kier molecular flexibility index (Phi) is 4.53. The second-order valence-electron chi connectivity index (χ2n) is 4.01. The van der Waals surface area contributed by atoms with Gasteiger partial charge < -0.3 is 9.84 Å². The van der Waals surface area contributed by atoms with Gasteiger partial charge in [-0.2, -0.15) is 0 Å². The number of ether oxygens (including phenoxy) is 1. The molecule has 0 aliphatic carbocycles. The molecule has 102 valence electrons. The molecule has 0 fully saturated rings. The quantitative estimate of drug-likeness (QED) is 0.685. The lowest BCUT2D eigenvalue weighted by Gasteiger charge is -2.06. The molecule has 0 radical (unpaired) electrons. The predicted molar refractivity (Wildman–Crippen MR) is 81.4 cm³/mol. The zero-order valence-corrected chi connectivity index (χ0v) is 12.3. The molecule has 2 rings (SSSR count). The molecule has 0 atom stereocenters. The van der Waals surface area contributed by atoms with Crippen LogP contribution < -0.4 is 4.74 Å². The van der Waals surface area contributed by atoms with Crippen molar-refractivity contribution in [1.29, 1.82) is 0 Å². The smallest absolute Gasteiger partial charge is 0.166 e. The molecule has 5 heteroatoms. The molecule has 1 N–H and O–H groups in total. The van der Waals surface area contributed by atoms with E-state index in [2.05, 4.69) is 20.9 Å². The Hall–Kier alpha value is -2.14. The number of methoxy groups -OCH3 is 1. The summed E-state index contributed by atoms with van der Waals surface area (Å²) in [5, 5.41) is 9.99. The average Bonchev–Trinajstić information content (AvgIpc) is 2.48. The van der Waals surface area contributed by atoms with E-state index in [0.717, 1.165) is 10.2 Å². The van der Waals surface area contributed by atoms with Crippen molar-refractivity contribution in [1.82, 2.24) is 0 Å². The van der Waals surface area contributed by atoms with E-state index in [4.69, 9.17) is 4.74 Å². The number of hydrogen-bond acceptors (Lipinski definition) is 4. The van der Waals surface area contributed by atoms with Gasteiger partial charge in [0.15, 0.2) is 11.5 Å². The summed E-state index contributed by atoms with van der Waals surface area (Å²) in [7, 11) is 1.43. The first kappa shape index (κ1) is 14.3. The van der Waals surface area contributed by atoms with Gasteiger partial charge in [-0.15, -0.1) is 0 Å². The number of hydrogen-bond donors (Lipinski definition) is 1. The number of aldehydes is 1. The van der Waals surface area contributed by atoms with Gasteiger partial charge in [0.1, 0.15) is 6.29 Å². The number of carbonyl (C=O) groups is 1. The second-order valence-corrected chi connectivity index (χ2v) is 4.93. The highest BCUT2D eigenvalue weighted by molar-refractivity contribution is 9.10. The van der Waals surface area contributed by atoms with E-state index in [1.165, 1.54) is 19.4 Å². The standard InChI is InChI=1S/C15H12BrNO3/c1-20-14-7-10(9-18)6-11(15(14)19)8-17-13-4-2-12(16)3-5-13/h2-9,19H,1H3. The molecule has 0 saturated heterocycles. The van der Waals surface area contributed by atoms with Gasteiger partial charge in [-0.1, -0.05) is 15.9 Å². The van der Waals surface area contributed by atoms with E-state index in [-0.39, 0.29) is 11.5 Å². The lowest BCUT2D eigenvalue weighted by Crippen LogP contribution is -1.92. The molecule has 2 aromatic rings. The van der Waals surface area contributed by atoms with E-state index < -0.39 is 0 Å². The van der Waals surface area contributed by atoms with Gasteiger partial charge in [-0.3, -0.25) is 9.79 Å². The molecule has 0 unspecified atom stereocenters. The Morgan fingerprint density at radius 1 is 1.25 bits per heavy atom. The zero-order valence-electron chi connectivity index (χ0n) is 10.7. The largest absolute Gasteiger partial charge is 0.504 e. The van der Waals surface area contributed by atoms with Crippen LogP contribution in [0.2, 0.25) is 0 Å². The molecule has 2 aromatic carbocycles. The predicted octanol–water partition coefficient (Wildman–Crippen LogP) is 3.73. The van der Waals surface area contributed by atoms with Crippen LogP contribution in [0.5, 0.6) is 11.5 Å². The van der Waals surface area contributed by atoms with Crippen LogP contribution in [-0.2, 0) is 0 Å². The van der Waals surface area contributed by atoms with E-state index in [1.807, 2.05) is 24.3 Å². The van der Waals surface area contributed by atoms with Crippen LogP contribution in [0.15, 0.2) is 45.9 Å². The van der Waals surface area contributed by atoms with Crippen LogP contribution in [-0.4, -0.2) is 24.7 Å². The summed E-state index contributed by atoms with van der Waals surface area (Å²) in [4.78, 5) is 15.1. The third-order valence-electron chi connectivity index (χ3n) is 2.66. The number of aromatic hydroxyl groups is 1. The second kappa shape index (κ2) is 6.34. The van der Waals surface area contributed by atoms with Crippen LogP contribution in [0.3, 0.4) is 0 Å². The van der Waals surface area contributed by atoms with Crippen LogP contribution in [0, 0.1) is 0 Å². The van der Waals surface area contributed by atoms with Crippen molar-refractivity contribution in [3.8, 4) is 11.5 Å². The van der Waals surface area contributed by atoms with Crippen molar-refractivity contribution in [2.24, 2.45) is 4.99 Å². The first-order valence-electron chi connectivity index (χ1n) is 5.80. The zero-order chi connectivity index (χ0) is 14.5. The molecule has 20 heavy (non-hydrogen) atoms. The molecule has 0 aliphatic rings. The van der Waals surface area contributed by atoms with Gasteiger partial charge in [-0.05, 0) is 36.4 Å². The summed E-state index contributed by atoms with van der Waals surface area (Å²) in [6.07, 6.45) is 2.19. The van der Waals surface area contributed by atoms with Gasteiger partial charge in [-0.25, -0.2) is 0 Å². The number of benzene rings is 2. The minimum absolute atomic E-state index is 0.0426. The first-order chi connectivity index (χ1) is 9.63. The van der Waals surface area contributed by atoms with Crippen molar-refractivity contribution >= 4 is 34.1 Å². The molecule has 0 spiro atoms. The van der Waals surface area contributed by atoms with E-state index in [9.17, 15) is 9.90 Å². The number of carbonyl (C=O) groups excluding carboxylic acids is 1. The fourth-order valence-corrected chi connectivity index (χ4v) is 1.91. The maximum absolute atomic E-state index is 10.9. The van der Waals surface area contributed by atoms with Crippen molar-refractivity contribution in [2.45, 2.75) is 0 Å². The SMILES string of the molecule is COc1cc(C=O)cc(C=Nc2ccc(Br)cc2)c1O. The Morgan fingerprint density at radius 3 is 2.55 bits per heavy atom. The Morgan fingerprint density at radius 2 is 1.95 bits per heavy atom. The van der Waals surface area contributed by atoms with Crippen LogP contribution in [0.25, 0.3) is 0 Å². The van der Waals surface area contributed by atoms with Gasteiger partial charge in [0, 0.05) is 21.8 Å². The molecule has 0 amide bonds. The highest BCUT2D eigenvalue weighted by Crippen LogP contribution is 2.30. The van der Waals surface area contributed by atoms with Gasteiger partial charge in [0.05, 0.1) is 12.8 Å². The van der Waals surface area contributed by atoms with Crippen molar-refractivity contribution in [2.75, 3.05) is 7.11 Å². The third kappa shape index (κ3) is 3.24. The van der Waals surface area contributed by atoms with Crippen LogP contribution in [0.1, 0.15) is 15.9 Å². The molecular weight excluding hydrogens is 322 g/mol. The molecule has 4 nitrogen and oxygen atoms in total. The summed E-state index contributed by atoms with van der Waals surface area (Å²) < 4.78 is 5.98. The van der Waals surface area contributed by atoms with E-state index in [0.29, 0.717) is 17.4 Å². The van der Waals surface area contributed by atoms with Gasteiger partial charge in [0.25, 0.3) is 0 Å². The van der Waals surface area contributed by atoms with E-state index >= 15 is 0 Å². The molecular formula is C15H12BrNO3. The van der Waals surface area contributed by atoms with Crippen LogP contribution in [0.4, 0.5) is 5.69 Å². The maximum Gasteiger partial charge on any atom is 0.166 e. The number of nitrogens with zero attached hydrogens (tertiary/aromatic N) is 1. The van der Waals surface area contributed by atoms with Crippen molar-refractivity contribution < 1.29 is 14.6 Å². The number of phenols is 1. The first-order valence-corrected chi connectivity index (χ1v) is 6.59. The monoisotopic (exact) mass is 333 g/mol. The molecule has 0 aromatic heterocycles. The van der Waals surface area contributed by atoms with Gasteiger partial charge >= 0.3 is 0 Å². The normalized spacial score (nSPS) is 10.7. The summed E-state index contributed by atoms with van der Waals surface area (Å²) in [6.45, 7) is 0. The Balaban J connectivity index is 2.37. The topological polar surface area (TPSA) is 58.9 Å². The number of phenolic OH excluding ortho intramolecular Hbond substituents is 1. The summed E-state index contributed by atoms with van der Waals surface area (Å²) >= 11 is 3.34. The average molecular weight is 334 g/mol. The lowest BCUT2D eigenvalue weighted by atomic mass is 10.1. The minimum atomic E-state index is -0.0426. The molecule has 0 bridgehead atoms. The maximum atomic E-state index is 10.9. The fraction of sp³-hybridized carbons (Fsp3) is 0.0667. The molecule has 0 aliphatic heterocycles. The minimum Gasteiger partial charge on any atom is -0.504 e. The number of rotatable bonds is 4. The third-order valence-corrected chi connectivity index (χ3v) is 3.19. The summed E-state index contributed by atoms with van der Waals surface area (Å²) in [5.41, 5.74) is 1.58. The lowest BCUT2D eigenvalue weighted by molar-refractivity contribution is 0.112. The van der Waals surface area contributed by atoms with Crippen molar-refractivity contribution in [3.63, 3.8) is 0 Å². The molecule has 0 heterocycles. The number of aliphatic imine (C=N–C) groups is 1. The highest BCUT2D eigenvalue weighted by atomic mass is 79.9. The summed E-state index contributed by atoms with van der Waals surface area (Å²) in [5.74, 6) is 0.200. The van der Waals surface area contributed by atoms with Crippen LogP contribution >= 0.6 is 15.9 Å². The Bertz CT molecular complexity index is 651. The molecule has 0 saturated carbocycles. The highest BCUT2D eigenvalue weighted by Gasteiger charge is 2.08. The fourth-order valence-electron chi connectivity index (χ4n) is 1.64. The number of halogens is 1. The summed E-state index contributed by atoms with van der Waals surface area (Å²) in [6, 6.07) is 10.4. The Labute approximate surface area is 124 Å². The van der Waals surface area contributed by atoms with Gasteiger partial charge in [0.2, 0.25) is 0 Å².